The highest BCUT2D eigenvalue weighted by Crippen LogP contribution is 2.22. The SMILES string of the molecule is O=C(NO)c1ccccc1S(=O)(=O)N1CCN(C(=O)c2ccccc2)CC1.[HH]. The Morgan fingerprint density at radius 1 is 0.926 bits per heavy atom. The van der Waals surface area contributed by atoms with Crippen molar-refractivity contribution < 1.29 is 24.6 Å². The van der Waals surface area contributed by atoms with E-state index in [9.17, 15) is 18.0 Å². The molecule has 0 saturated carbocycles. The van der Waals surface area contributed by atoms with Crippen LogP contribution >= 0.6 is 0 Å². The lowest BCUT2D eigenvalue weighted by molar-refractivity contribution is 0.0698. The lowest BCUT2D eigenvalue weighted by Gasteiger charge is -2.34. The molecule has 0 bridgehead atoms. The molecule has 8 nitrogen and oxygen atoms in total. The molecule has 0 spiro atoms. The molecule has 2 aromatic rings. The van der Waals surface area contributed by atoms with E-state index in [2.05, 4.69) is 0 Å². The van der Waals surface area contributed by atoms with Crippen LogP contribution in [0.15, 0.2) is 59.5 Å². The van der Waals surface area contributed by atoms with Gasteiger partial charge in [-0.2, -0.15) is 4.31 Å². The van der Waals surface area contributed by atoms with Gasteiger partial charge in [-0.3, -0.25) is 14.8 Å². The molecule has 1 saturated heterocycles. The first kappa shape index (κ1) is 19.0. The van der Waals surface area contributed by atoms with Crippen LogP contribution in [0.4, 0.5) is 0 Å². The second-order valence-corrected chi connectivity index (χ2v) is 7.91. The predicted octanol–water partition coefficient (Wildman–Crippen LogP) is 1.20. The Morgan fingerprint density at radius 2 is 1.52 bits per heavy atom. The summed E-state index contributed by atoms with van der Waals surface area (Å²) >= 11 is 0. The van der Waals surface area contributed by atoms with Gasteiger partial charge in [-0.1, -0.05) is 30.3 Å². The van der Waals surface area contributed by atoms with E-state index in [4.69, 9.17) is 5.21 Å². The zero-order valence-corrected chi connectivity index (χ0v) is 15.2. The molecule has 0 aromatic heterocycles. The third-order valence-corrected chi connectivity index (χ3v) is 6.35. The molecule has 0 atom stereocenters. The zero-order valence-electron chi connectivity index (χ0n) is 14.4. The number of rotatable bonds is 4. The fraction of sp³-hybridized carbons (Fsp3) is 0.222. The van der Waals surface area contributed by atoms with Crippen molar-refractivity contribution in [2.75, 3.05) is 26.2 Å². The largest absolute Gasteiger partial charge is 0.336 e. The summed E-state index contributed by atoms with van der Waals surface area (Å²) in [6, 6.07) is 14.5. The Hall–Kier alpha value is -2.75. The molecule has 1 heterocycles. The topological polar surface area (TPSA) is 107 Å². The molecule has 1 fully saturated rings. The van der Waals surface area contributed by atoms with Crippen LogP contribution in [0.5, 0.6) is 0 Å². The van der Waals surface area contributed by atoms with E-state index in [0.29, 0.717) is 5.56 Å². The third-order valence-electron chi connectivity index (χ3n) is 4.40. The van der Waals surface area contributed by atoms with E-state index in [-0.39, 0.29) is 44.0 Å². The van der Waals surface area contributed by atoms with Gasteiger partial charge in [-0.15, -0.1) is 0 Å². The minimum atomic E-state index is -3.94. The smallest absolute Gasteiger partial charge is 0.276 e. The summed E-state index contributed by atoms with van der Waals surface area (Å²) in [5.41, 5.74) is 1.88. The number of hydrogen-bond acceptors (Lipinski definition) is 5. The van der Waals surface area contributed by atoms with Crippen LogP contribution in [0.2, 0.25) is 0 Å². The van der Waals surface area contributed by atoms with Crippen LogP contribution in [0.3, 0.4) is 0 Å². The van der Waals surface area contributed by atoms with E-state index in [1.807, 2.05) is 6.07 Å². The Bertz CT molecular complexity index is 945. The van der Waals surface area contributed by atoms with Crippen LogP contribution < -0.4 is 5.48 Å². The van der Waals surface area contributed by atoms with Gasteiger partial charge in [0.1, 0.15) is 0 Å². The average molecular weight is 391 g/mol. The second-order valence-electron chi connectivity index (χ2n) is 6.00. The summed E-state index contributed by atoms with van der Waals surface area (Å²) in [6.45, 7) is 0.745. The van der Waals surface area contributed by atoms with E-state index >= 15 is 0 Å². The van der Waals surface area contributed by atoms with E-state index in [1.54, 1.807) is 29.2 Å². The Morgan fingerprint density at radius 3 is 2.15 bits per heavy atom. The number of carbonyl (C=O) groups is 2. The van der Waals surface area contributed by atoms with Crippen molar-refractivity contribution in [2.45, 2.75) is 4.90 Å². The summed E-state index contributed by atoms with van der Waals surface area (Å²) in [7, 11) is -3.94. The van der Waals surface area contributed by atoms with Crippen molar-refractivity contribution in [2.24, 2.45) is 0 Å². The molecule has 0 radical (unpaired) electrons. The zero-order chi connectivity index (χ0) is 19.4. The second kappa shape index (κ2) is 7.87. The number of amides is 2. The highest BCUT2D eigenvalue weighted by Gasteiger charge is 2.32. The summed E-state index contributed by atoms with van der Waals surface area (Å²) in [4.78, 5) is 25.7. The maximum absolute atomic E-state index is 12.9. The van der Waals surface area contributed by atoms with Crippen molar-refractivity contribution in [3.8, 4) is 0 Å². The summed E-state index contributed by atoms with van der Waals surface area (Å²) in [5.74, 6) is -1.04. The summed E-state index contributed by atoms with van der Waals surface area (Å²) < 4.78 is 27.1. The maximum atomic E-state index is 12.9. The molecule has 144 valence electrons. The minimum Gasteiger partial charge on any atom is -0.336 e. The van der Waals surface area contributed by atoms with Gasteiger partial charge in [0.25, 0.3) is 11.8 Å². The van der Waals surface area contributed by atoms with Gasteiger partial charge in [0, 0.05) is 33.2 Å². The number of hydroxylamine groups is 1. The van der Waals surface area contributed by atoms with Gasteiger partial charge in [0.2, 0.25) is 10.0 Å². The molecule has 3 rings (SSSR count). The number of benzene rings is 2. The molecule has 0 aliphatic carbocycles. The molecule has 2 N–H and O–H groups in total. The van der Waals surface area contributed by atoms with Crippen LogP contribution in [0.25, 0.3) is 0 Å². The molecular weight excluding hydrogens is 370 g/mol. The quantitative estimate of drug-likeness (QED) is 0.602. The lowest BCUT2D eigenvalue weighted by Crippen LogP contribution is -2.50. The molecule has 2 amide bonds. The monoisotopic (exact) mass is 391 g/mol. The molecule has 1 aliphatic heterocycles. The van der Waals surface area contributed by atoms with Gasteiger partial charge >= 0.3 is 0 Å². The van der Waals surface area contributed by atoms with Gasteiger partial charge < -0.3 is 4.90 Å². The lowest BCUT2D eigenvalue weighted by atomic mass is 10.2. The van der Waals surface area contributed by atoms with Crippen LogP contribution in [0, 0.1) is 0 Å². The first-order valence-electron chi connectivity index (χ1n) is 8.33. The number of hydrogen-bond donors (Lipinski definition) is 2. The van der Waals surface area contributed by atoms with E-state index in [1.165, 1.54) is 34.1 Å². The van der Waals surface area contributed by atoms with Crippen LogP contribution in [0.1, 0.15) is 22.1 Å². The molecule has 2 aromatic carbocycles. The first-order chi connectivity index (χ1) is 12.9. The fourth-order valence-corrected chi connectivity index (χ4v) is 4.58. The van der Waals surface area contributed by atoms with Crippen molar-refractivity contribution in [3.05, 3.63) is 65.7 Å². The van der Waals surface area contributed by atoms with Gasteiger partial charge in [0.15, 0.2) is 0 Å². The van der Waals surface area contributed by atoms with Gasteiger partial charge in [-0.05, 0) is 24.3 Å². The van der Waals surface area contributed by atoms with E-state index in [0.717, 1.165) is 0 Å². The number of nitrogens with one attached hydrogen (secondary N) is 1. The number of piperazine rings is 1. The molecular formula is C18H21N3O5S. The Balaban J connectivity index is 0.00000280. The highest BCUT2D eigenvalue weighted by atomic mass is 32.2. The van der Waals surface area contributed by atoms with Crippen LogP contribution in [-0.2, 0) is 10.0 Å². The molecule has 9 heteroatoms. The summed E-state index contributed by atoms with van der Waals surface area (Å²) in [6.07, 6.45) is 0. The van der Waals surface area contributed by atoms with Crippen molar-refractivity contribution >= 4 is 21.8 Å². The molecule has 27 heavy (non-hydrogen) atoms. The summed E-state index contributed by atoms with van der Waals surface area (Å²) in [5, 5.41) is 8.84. The standard InChI is InChI=1S/C18H19N3O5S.H2/c22-17(19-24)15-8-4-5-9-16(15)27(25,26)21-12-10-20(11-13-21)18(23)14-6-2-1-3-7-14;/h1-9,24H,10-13H2,(H,19,22);1H. The number of nitrogens with zero attached hydrogens (tertiary/aromatic N) is 2. The Kier molecular flexibility index (Phi) is 5.54. The molecule has 1 aliphatic rings. The van der Waals surface area contributed by atoms with Crippen molar-refractivity contribution in [1.82, 2.24) is 14.7 Å². The first-order valence-corrected chi connectivity index (χ1v) is 9.77. The minimum absolute atomic E-state index is 0. The fourth-order valence-electron chi connectivity index (χ4n) is 2.97. The van der Waals surface area contributed by atoms with Gasteiger partial charge in [-0.25, -0.2) is 13.9 Å². The van der Waals surface area contributed by atoms with E-state index < -0.39 is 15.9 Å². The molecule has 0 unspecified atom stereocenters. The van der Waals surface area contributed by atoms with Gasteiger partial charge in [0.05, 0.1) is 10.5 Å². The third kappa shape index (κ3) is 3.85. The van der Waals surface area contributed by atoms with Crippen molar-refractivity contribution in [3.63, 3.8) is 0 Å². The van der Waals surface area contributed by atoms with Crippen LogP contribution in [-0.4, -0.2) is 60.8 Å². The Labute approximate surface area is 158 Å². The average Bonchev–Trinajstić information content (AvgIpc) is 2.73. The maximum Gasteiger partial charge on any atom is 0.276 e. The van der Waals surface area contributed by atoms with Crippen molar-refractivity contribution in [1.29, 1.82) is 0 Å². The number of carbonyl (C=O) groups excluding carboxylic acids is 2. The predicted molar refractivity (Wildman–Crippen MR) is 98.9 cm³/mol. The number of sulfonamides is 1. The normalized spacial score (nSPS) is 15.4. The highest BCUT2D eigenvalue weighted by molar-refractivity contribution is 7.89.